The monoisotopic (exact) mass is 228 g/mol. The van der Waals surface area contributed by atoms with Gasteiger partial charge in [0.1, 0.15) is 4.90 Å². The molecule has 0 unspecified atom stereocenters. The van der Waals surface area contributed by atoms with Crippen LogP contribution in [0.15, 0.2) is 29.7 Å². The number of hydrogen-bond acceptors (Lipinski definition) is 3. The number of benzene rings is 1. The smallest absolute Gasteiger partial charge is 0.336 e. The summed E-state index contributed by atoms with van der Waals surface area (Å²) in [6.07, 6.45) is 1.08. The molecule has 0 bridgehead atoms. The first kappa shape index (κ1) is 11.4. The molecule has 0 heterocycles. The highest BCUT2D eigenvalue weighted by Crippen LogP contribution is 2.20. The van der Waals surface area contributed by atoms with E-state index in [1.807, 2.05) is 0 Å². The van der Waals surface area contributed by atoms with Crippen molar-refractivity contribution in [1.29, 1.82) is 0 Å². The molecule has 15 heavy (non-hydrogen) atoms. The summed E-state index contributed by atoms with van der Waals surface area (Å²) in [5.74, 6) is -1.28. The molecule has 6 heteroatoms. The van der Waals surface area contributed by atoms with Crippen molar-refractivity contribution >= 4 is 22.2 Å². The van der Waals surface area contributed by atoms with Gasteiger partial charge in [-0.15, -0.1) is 0 Å². The van der Waals surface area contributed by atoms with Crippen LogP contribution in [0.3, 0.4) is 0 Å². The predicted molar refractivity (Wildman–Crippen MR) is 53.3 cm³/mol. The van der Waals surface area contributed by atoms with E-state index in [9.17, 15) is 13.2 Å². The maximum atomic E-state index is 10.9. The summed E-state index contributed by atoms with van der Waals surface area (Å²) in [6.45, 7) is 3.31. The lowest BCUT2D eigenvalue weighted by Gasteiger charge is -2.05. The number of aromatic carboxylic acids is 1. The third-order valence-electron chi connectivity index (χ3n) is 1.78. The van der Waals surface area contributed by atoms with Crippen LogP contribution in [0.4, 0.5) is 0 Å². The first-order chi connectivity index (χ1) is 6.88. The Morgan fingerprint density at radius 3 is 2.40 bits per heavy atom. The number of carboxylic acid groups (broad SMARTS) is 1. The highest BCUT2D eigenvalue weighted by atomic mass is 32.2. The fourth-order valence-corrected chi connectivity index (χ4v) is 1.89. The molecule has 0 aliphatic rings. The SMILES string of the molecule is C=Cc1c(C(=O)O)cccc1S(=O)(=O)O. The van der Waals surface area contributed by atoms with Gasteiger partial charge in [-0.2, -0.15) is 8.42 Å². The molecule has 0 radical (unpaired) electrons. The van der Waals surface area contributed by atoms with Crippen LogP contribution < -0.4 is 0 Å². The molecular formula is C9H8O5S. The second-order valence-electron chi connectivity index (χ2n) is 2.70. The van der Waals surface area contributed by atoms with Crippen LogP contribution in [0.5, 0.6) is 0 Å². The number of carbonyl (C=O) groups is 1. The molecule has 0 saturated heterocycles. The second-order valence-corrected chi connectivity index (χ2v) is 4.09. The van der Waals surface area contributed by atoms with Gasteiger partial charge in [-0.25, -0.2) is 4.79 Å². The quantitative estimate of drug-likeness (QED) is 0.760. The Kier molecular flexibility index (Phi) is 2.92. The van der Waals surface area contributed by atoms with Crippen molar-refractivity contribution in [2.75, 3.05) is 0 Å². The molecule has 0 amide bonds. The lowest BCUT2D eigenvalue weighted by Crippen LogP contribution is -2.06. The van der Waals surface area contributed by atoms with Gasteiger partial charge in [-0.05, 0) is 12.1 Å². The molecule has 0 saturated carbocycles. The summed E-state index contributed by atoms with van der Waals surface area (Å²) in [6, 6.07) is 3.58. The van der Waals surface area contributed by atoms with Crippen molar-refractivity contribution in [1.82, 2.24) is 0 Å². The van der Waals surface area contributed by atoms with Gasteiger partial charge in [0, 0.05) is 5.56 Å². The van der Waals surface area contributed by atoms with E-state index in [4.69, 9.17) is 9.66 Å². The first-order valence-electron chi connectivity index (χ1n) is 3.84. The fraction of sp³-hybridized carbons (Fsp3) is 0. The van der Waals surface area contributed by atoms with Gasteiger partial charge in [0.05, 0.1) is 5.56 Å². The Bertz CT molecular complexity index is 515. The highest BCUT2D eigenvalue weighted by molar-refractivity contribution is 7.86. The largest absolute Gasteiger partial charge is 0.478 e. The van der Waals surface area contributed by atoms with E-state index < -0.39 is 21.0 Å². The van der Waals surface area contributed by atoms with Crippen molar-refractivity contribution in [3.63, 3.8) is 0 Å². The van der Waals surface area contributed by atoms with E-state index >= 15 is 0 Å². The van der Waals surface area contributed by atoms with Gasteiger partial charge in [-0.3, -0.25) is 4.55 Å². The average Bonchev–Trinajstić information content (AvgIpc) is 2.15. The summed E-state index contributed by atoms with van der Waals surface area (Å²) in [5, 5.41) is 8.76. The maximum absolute atomic E-state index is 10.9. The lowest BCUT2D eigenvalue weighted by molar-refractivity contribution is 0.0696. The van der Waals surface area contributed by atoms with E-state index in [-0.39, 0.29) is 11.1 Å². The van der Waals surface area contributed by atoms with E-state index in [0.29, 0.717) is 0 Å². The Morgan fingerprint density at radius 1 is 1.40 bits per heavy atom. The predicted octanol–water partition coefficient (Wildman–Crippen LogP) is 1.27. The molecule has 2 N–H and O–H groups in total. The number of rotatable bonds is 3. The van der Waals surface area contributed by atoms with Crippen LogP contribution in [0.2, 0.25) is 0 Å². The minimum absolute atomic E-state index is 0.118. The minimum atomic E-state index is -4.44. The Hall–Kier alpha value is -1.66. The van der Waals surface area contributed by atoms with Crippen LogP contribution in [-0.4, -0.2) is 24.0 Å². The molecule has 0 spiro atoms. The van der Waals surface area contributed by atoms with Gasteiger partial charge in [0.15, 0.2) is 0 Å². The van der Waals surface area contributed by atoms with Gasteiger partial charge in [-0.1, -0.05) is 18.7 Å². The molecule has 0 fully saturated rings. The van der Waals surface area contributed by atoms with Gasteiger partial charge >= 0.3 is 5.97 Å². The molecule has 0 aliphatic heterocycles. The van der Waals surface area contributed by atoms with E-state index in [2.05, 4.69) is 6.58 Å². The zero-order valence-electron chi connectivity index (χ0n) is 7.54. The van der Waals surface area contributed by atoms with Crippen LogP contribution in [0.25, 0.3) is 6.08 Å². The summed E-state index contributed by atoms with van der Waals surface area (Å²) in [7, 11) is -4.44. The number of carboxylic acids is 1. The number of hydrogen-bond donors (Lipinski definition) is 2. The molecular weight excluding hydrogens is 220 g/mol. The first-order valence-corrected chi connectivity index (χ1v) is 5.28. The zero-order valence-corrected chi connectivity index (χ0v) is 8.36. The molecule has 80 valence electrons. The van der Waals surface area contributed by atoms with Crippen molar-refractivity contribution in [3.05, 3.63) is 35.9 Å². The van der Waals surface area contributed by atoms with Crippen molar-refractivity contribution in [2.24, 2.45) is 0 Å². The molecule has 5 nitrogen and oxygen atoms in total. The lowest BCUT2D eigenvalue weighted by atomic mass is 10.1. The molecule has 0 aliphatic carbocycles. The minimum Gasteiger partial charge on any atom is -0.478 e. The summed E-state index contributed by atoms with van der Waals surface area (Å²) in [4.78, 5) is 10.3. The van der Waals surface area contributed by atoms with Gasteiger partial charge in [0.25, 0.3) is 10.1 Å². The highest BCUT2D eigenvalue weighted by Gasteiger charge is 2.18. The standard InChI is InChI=1S/C9H8O5S/c1-2-6-7(9(10)11)4-3-5-8(6)15(12,13)14/h2-5H,1H2,(H,10,11)(H,12,13,14). The summed E-state index contributed by atoms with van der Waals surface area (Å²) < 4.78 is 30.6. The normalized spacial score (nSPS) is 11.0. The second kappa shape index (κ2) is 3.84. The fourth-order valence-electron chi connectivity index (χ4n) is 1.17. The van der Waals surface area contributed by atoms with E-state index in [0.717, 1.165) is 12.1 Å². The third-order valence-corrected chi connectivity index (χ3v) is 2.69. The molecule has 1 aromatic carbocycles. The summed E-state index contributed by atoms with van der Waals surface area (Å²) >= 11 is 0. The molecule has 0 atom stereocenters. The molecule has 1 rings (SSSR count). The summed E-state index contributed by atoms with van der Waals surface area (Å²) in [5.41, 5.74) is -0.340. The van der Waals surface area contributed by atoms with Gasteiger partial charge in [0.2, 0.25) is 0 Å². The van der Waals surface area contributed by atoms with Crippen molar-refractivity contribution < 1.29 is 22.9 Å². The van der Waals surface area contributed by atoms with Crippen LogP contribution in [0, 0.1) is 0 Å². The third kappa shape index (κ3) is 2.23. The Labute approximate surface area is 86.4 Å². The molecule has 0 aromatic heterocycles. The Morgan fingerprint density at radius 2 is 2.00 bits per heavy atom. The van der Waals surface area contributed by atoms with Crippen LogP contribution in [0.1, 0.15) is 15.9 Å². The van der Waals surface area contributed by atoms with Gasteiger partial charge < -0.3 is 5.11 Å². The van der Waals surface area contributed by atoms with Crippen LogP contribution >= 0.6 is 0 Å². The van der Waals surface area contributed by atoms with Crippen molar-refractivity contribution in [3.8, 4) is 0 Å². The Balaban J connectivity index is 3.63. The topological polar surface area (TPSA) is 91.7 Å². The maximum Gasteiger partial charge on any atom is 0.336 e. The van der Waals surface area contributed by atoms with Crippen LogP contribution in [-0.2, 0) is 10.1 Å². The zero-order chi connectivity index (χ0) is 11.6. The average molecular weight is 228 g/mol. The molecule has 1 aromatic rings. The van der Waals surface area contributed by atoms with Crippen molar-refractivity contribution in [2.45, 2.75) is 4.90 Å². The van der Waals surface area contributed by atoms with E-state index in [1.54, 1.807) is 0 Å². The van der Waals surface area contributed by atoms with E-state index in [1.165, 1.54) is 12.1 Å².